The average molecular weight is 310 g/mol. The van der Waals surface area contributed by atoms with Crippen molar-refractivity contribution < 1.29 is 9.53 Å². The minimum atomic E-state index is -0.109. The molecule has 2 heterocycles. The van der Waals surface area contributed by atoms with Gasteiger partial charge < -0.3 is 14.6 Å². The van der Waals surface area contributed by atoms with Gasteiger partial charge in [0.05, 0.1) is 13.0 Å². The van der Waals surface area contributed by atoms with Gasteiger partial charge in [-0.2, -0.15) is 0 Å². The monoisotopic (exact) mass is 310 g/mol. The number of piperidine rings is 1. The lowest BCUT2D eigenvalue weighted by atomic mass is 9.72. The van der Waals surface area contributed by atoms with E-state index in [1.807, 2.05) is 6.92 Å². The van der Waals surface area contributed by atoms with Gasteiger partial charge in [-0.25, -0.2) is 0 Å². The van der Waals surface area contributed by atoms with Crippen molar-refractivity contribution in [1.82, 2.24) is 9.88 Å². The summed E-state index contributed by atoms with van der Waals surface area (Å²) in [7, 11) is 1.48. The Balaban J connectivity index is 1.82. The number of methoxy groups -OCH3 is 1. The van der Waals surface area contributed by atoms with E-state index in [0.717, 1.165) is 18.5 Å². The van der Waals surface area contributed by atoms with Crippen LogP contribution in [0.25, 0.3) is 10.9 Å². The zero-order valence-electron chi connectivity index (χ0n) is 13.6. The summed E-state index contributed by atoms with van der Waals surface area (Å²) in [6, 6.07) is 6.82. The van der Waals surface area contributed by atoms with Crippen LogP contribution in [-0.2, 0) is 16.0 Å². The molecule has 120 valence electrons. The summed E-state index contributed by atoms with van der Waals surface area (Å²) < 4.78 is 5.02. The SMILES string of the molecule is C=C(C)N1CC(C(=O)OC)C[C@@H]2c3cccc4[nH]cc(c34)C[C@H]21. The van der Waals surface area contributed by atoms with Gasteiger partial charge in [0.25, 0.3) is 0 Å². The van der Waals surface area contributed by atoms with Crippen molar-refractivity contribution >= 4 is 16.9 Å². The number of allylic oxidation sites excluding steroid dienone is 1. The second-order valence-corrected chi connectivity index (χ2v) is 6.81. The molecule has 1 aromatic carbocycles. The van der Waals surface area contributed by atoms with Crippen LogP contribution < -0.4 is 0 Å². The largest absolute Gasteiger partial charge is 0.469 e. The number of likely N-dealkylation sites (tertiary alicyclic amines) is 1. The van der Waals surface area contributed by atoms with Crippen LogP contribution in [-0.4, -0.2) is 35.5 Å². The van der Waals surface area contributed by atoms with E-state index in [9.17, 15) is 4.79 Å². The number of rotatable bonds is 2. The van der Waals surface area contributed by atoms with Crippen LogP contribution in [0.3, 0.4) is 0 Å². The molecule has 1 fully saturated rings. The highest BCUT2D eigenvalue weighted by Crippen LogP contribution is 2.45. The second kappa shape index (κ2) is 5.15. The third-order valence-electron chi connectivity index (χ3n) is 5.49. The van der Waals surface area contributed by atoms with E-state index >= 15 is 0 Å². The van der Waals surface area contributed by atoms with Gasteiger partial charge >= 0.3 is 5.97 Å². The molecule has 0 amide bonds. The molecule has 0 bridgehead atoms. The molecule has 0 saturated carbocycles. The maximum atomic E-state index is 12.2. The maximum Gasteiger partial charge on any atom is 0.310 e. The molecule has 1 unspecified atom stereocenters. The maximum absolute atomic E-state index is 12.2. The third-order valence-corrected chi connectivity index (χ3v) is 5.49. The lowest BCUT2D eigenvalue weighted by Crippen LogP contribution is -2.50. The van der Waals surface area contributed by atoms with E-state index in [4.69, 9.17) is 4.74 Å². The number of aromatic nitrogens is 1. The topological polar surface area (TPSA) is 45.3 Å². The zero-order valence-corrected chi connectivity index (χ0v) is 13.6. The van der Waals surface area contributed by atoms with Crippen molar-refractivity contribution in [3.05, 3.63) is 47.8 Å². The summed E-state index contributed by atoms with van der Waals surface area (Å²) >= 11 is 0. The third kappa shape index (κ3) is 2.08. The normalized spacial score (nSPS) is 26.0. The number of carbonyl (C=O) groups is 1. The fourth-order valence-corrected chi connectivity index (χ4v) is 4.47. The lowest BCUT2D eigenvalue weighted by Gasteiger charge is -2.47. The first-order chi connectivity index (χ1) is 11.1. The average Bonchev–Trinajstić information content (AvgIpc) is 2.98. The number of nitrogens with one attached hydrogen (secondary N) is 1. The molecule has 23 heavy (non-hydrogen) atoms. The summed E-state index contributed by atoms with van der Waals surface area (Å²) in [4.78, 5) is 17.9. The molecule has 0 radical (unpaired) electrons. The number of ether oxygens (including phenoxy) is 1. The first-order valence-electron chi connectivity index (χ1n) is 8.19. The van der Waals surface area contributed by atoms with Crippen LogP contribution in [0.15, 0.2) is 36.7 Å². The molecule has 2 aromatic rings. The molecule has 1 saturated heterocycles. The number of carbonyl (C=O) groups excluding carboxylic acids is 1. The summed E-state index contributed by atoms with van der Waals surface area (Å²) in [5, 5.41) is 1.35. The van der Waals surface area contributed by atoms with E-state index in [-0.39, 0.29) is 11.9 Å². The Labute approximate surface area is 136 Å². The predicted molar refractivity (Wildman–Crippen MR) is 90.2 cm³/mol. The number of esters is 1. The fraction of sp³-hybridized carbons (Fsp3) is 0.421. The number of hydrogen-bond donors (Lipinski definition) is 1. The Morgan fingerprint density at radius 1 is 1.43 bits per heavy atom. The van der Waals surface area contributed by atoms with Crippen molar-refractivity contribution in [2.75, 3.05) is 13.7 Å². The minimum absolute atomic E-state index is 0.0892. The standard InChI is InChI=1S/C19H22N2O2/c1-11(2)21-10-13(19(22)23-3)7-15-14-5-4-6-16-18(14)12(9-20-16)8-17(15)21/h4-6,9,13,15,17,20H,1,7-8,10H2,2-3H3/t13?,15-,17-/m1/s1. The van der Waals surface area contributed by atoms with Crippen LogP contribution in [0.5, 0.6) is 0 Å². The van der Waals surface area contributed by atoms with Crippen molar-refractivity contribution in [1.29, 1.82) is 0 Å². The summed E-state index contributed by atoms with van der Waals surface area (Å²) in [5.41, 5.74) is 4.95. The van der Waals surface area contributed by atoms with Gasteiger partial charge in [-0.05, 0) is 37.0 Å². The van der Waals surface area contributed by atoms with Gasteiger partial charge in [0.1, 0.15) is 0 Å². The molecule has 3 atom stereocenters. The van der Waals surface area contributed by atoms with Crippen LogP contribution in [0.2, 0.25) is 0 Å². The molecule has 1 aromatic heterocycles. The van der Waals surface area contributed by atoms with Gasteiger partial charge in [-0.3, -0.25) is 4.79 Å². The van der Waals surface area contributed by atoms with Gasteiger partial charge in [0, 0.05) is 41.3 Å². The number of aromatic amines is 1. The number of benzene rings is 1. The Morgan fingerprint density at radius 2 is 2.26 bits per heavy atom. The van der Waals surface area contributed by atoms with Crippen LogP contribution >= 0.6 is 0 Å². The highest BCUT2D eigenvalue weighted by Gasteiger charge is 2.42. The molecule has 1 N–H and O–H groups in total. The Bertz CT molecular complexity index is 792. The first kappa shape index (κ1) is 14.4. The van der Waals surface area contributed by atoms with Gasteiger partial charge in [0.15, 0.2) is 0 Å². The molecular formula is C19H22N2O2. The fourth-order valence-electron chi connectivity index (χ4n) is 4.47. The van der Waals surface area contributed by atoms with E-state index in [0.29, 0.717) is 18.5 Å². The van der Waals surface area contributed by atoms with Crippen LogP contribution in [0.4, 0.5) is 0 Å². The Hall–Kier alpha value is -2.23. The number of fused-ring (bicyclic) bond motifs is 2. The van der Waals surface area contributed by atoms with Gasteiger partial charge in [0.2, 0.25) is 0 Å². The number of hydrogen-bond acceptors (Lipinski definition) is 3. The summed E-state index contributed by atoms with van der Waals surface area (Å²) in [5.74, 6) is 0.145. The smallest absolute Gasteiger partial charge is 0.310 e. The molecule has 1 aliphatic heterocycles. The van der Waals surface area contributed by atoms with Crippen molar-refractivity contribution in [2.45, 2.75) is 31.7 Å². The predicted octanol–water partition coefficient (Wildman–Crippen LogP) is 3.20. The van der Waals surface area contributed by atoms with E-state index in [1.165, 1.54) is 29.1 Å². The quantitative estimate of drug-likeness (QED) is 0.866. The summed E-state index contributed by atoms with van der Waals surface area (Å²) in [6.45, 7) is 6.89. The van der Waals surface area contributed by atoms with Crippen LogP contribution in [0.1, 0.15) is 30.4 Å². The summed E-state index contributed by atoms with van der Waals surface area (Å²) in [6.07, 6.45) is 3.99. The molecule has 2 aliphatic rings. The Kier molecular flexibility index (Phi) is 3.22. The molecule has 0 spiro atoms. The van der Waals surface area contributed by atoms with Gasteiger partial charge in [-0.1, -0.05) is 18.7 Å². The minimum Gasteiger partial charge on any atom is -0.469 e. The molecule has 1 aliphatic carbocycles. The molecule has 4 rings (SSSR count). The first-order valence-corrected chi connectivity index (χ1v) is 8.19. The van der Waals surface area contributed by atoms with Gasteiger partial charge in [-0.15, -0.1) is 0 Å². The van der Waals surface area contributed by atoms with E-state index in [2.05, 4.69) is 40.9 Å². The van der Waals surface area contributed by atoms with E-state index < -0.39 is 0 Å². The molecular weight excluding hydrogens is 288 g/mol. The van der Waals surface area contributed by atoms with Crippen molar-refractivity contribution in [3.63, 3.8) is 0 Å². The highest BCUT2D eigenvalue weighted by molar-refractivity contribution is 5.88. The van der Waals surface area contributed by atoms with Crippen LogP contribution in [0, 0.1) is 5.92 Å². The van der Waals surface area contributed by atoms with Crippen molar-refractivity contribution in [3.8, 4) is 0 Å². The second-order valence-electron chi connectivity index (χ2n) is 6.81. The highest BCUT2D eigenvalue weighted by atomic mass is 16.5. The Morgan fingerprint density at radius 3 is 3.00 bits per heavy atom. The van der Waals surface area contributed by atoms with Crippen molar-refractivity contribution in [2.24, 2.45) is 5.92 Å². The lowest BCUT2D eigenvalue weighted by molar-refractivity contribution is -0.148. The zero-order chi connectivity index (χ0) is 16.1. The molecule has 4 heteroatoms. The van der Waals surface area contributed by atoms with E-state index in [1.54, 1.807) is 0 Å². The number of nitrogens with zero attached hydrogens (tertiary/aromatic N) is 1. The number of H-pyrrole nitrogens is 1. The molecule has 4 nitrogen and oxygen atoms in total.